The summed E-state index contributed by atoms with van der Waals surface area (Å²) in [6, 6.07) is 14.2. The fourth-order valence-corrected chi connectivity index (χ4v) is 4.26. The van der Waals surface area contributed by atoms with Crippen LogP contribution in [0.1, 0.15) is 15.9 Å². The normalized spacial score (nSPS) is 34.9. The van der Waals surface area contributed by atoms with Crippen LogP contribution < -0.4 is 0 Å². The fourth-order valence-electron chi connectivity index (χ4n) is 4.26. The number of esters is 1. The Hall–Kier alpha value is -2.69. The standard InChI is InChI=1S/C26H32O13/c27-10-16-19(30)23(22(33)25(37-16)36-11-13-4-2-1-3-5-13)39-26-21(32)20(31)18(29)17(38-26)12-35-24(34)14-6-8-15(28)9-7-14/h1-9,16-23,25-33H,10-12H2. The van der Waals surface area contributed by atoms with Gasteiger partial charge >= 0.3 is 5.97 Å². The Morgan fingerprint density at radius 2 is 1.44 bits per heavy atom. The number of aliphatic hydroxyl groups is 6. The third kappa shape index (κ3) is 6.91. The molecule has 0 bridgehead atoms. The van der Waals surface area contributed by atoms with Gasteiger partial charge in [0.05, 0.1) is 18.8 Å². The molecule has 2 heterocycles. The minimum atomic E-state index is -1.82. The molecule has 0 amide bonds. The second-order valence-corrected chi connectivity index (χ2v) is 9.26. The Morgan fingerprint density at radius 3 is 2.10 bits per heavy atom. The first-order valence-corrected chi connectivity index (χ1v) is 12.3. The Kier molecular flexibility index (Phi) is 9.85. The van der Waals surface area contributed by atoms with E-state index in [4.69, 9.17) is 23.7 Å². The minimum Gasteiger partial charge on any atom is -0.508 e. The Morgan fingerprint density at radius 1 is 0.769 bits per heavy atom. The fraction of sp³-hybridized carbons (Fsp3) is 0.500. The largest absolute Gasteiger partial charge is 0.508 e. The predicted molar refractivity (Wildman–Crippen MR) is 129 cm³/mol. The maximum absolute atomic E-state index is 12.3. The summed E-state index contributed by atoms with van der Waals surface area (Å²) in [6.07, 6.45) is -15.6. The van der Waals surface area contributed by atoms with Crippen LogP contribution in [-0.2, 0) is 30.3 Å². The van der Waals surface area contributed by atoms with Crippen molar-refractivity contribution in [2.45, 2.75) is 68.0 Å². The van der Waals surface area contributed by atoms with E-state index >= 15 is 0 Å². The second kappa shape index (κ2) is 13.1. The van der Waals surface area contributed by atoms with Gasteiger partial charge in [0.25, 0.3) is 0 Å². The van der Waals surface area contributed by atoms with Gasteiger partial charge in [-0.1, -0.05) is 30.3 Å². The Balaban J connectivity index is 1.42. The molecule has 10 atom stereocenters. The summed E-state index contributed by atoms with van der Waals surface area (Å²) in [5.74, 6) is -0.855. The summed E-state index contributed by atoms with van der Waals surface area (Å²) >= 11 is 0. The van der Waals surface area contributed by atoms with Crippen LogP contribution in [0.5, 0.6) is 5.75 Å². The summed E-state index contributed by atoms with van der Waals surface area (Å²) in [5.41, 5.74) is 0.877. The van der Waals surface area contributed by atoms with E-state index in [0.29, 0.717) is 0 Å². The molecule has 39 heavy (non-hydrogen) atoms. The summed E-state index contributed by atoms with van der Waals surface area (Å²) in [6.45, 7) is -1.17. The average molecular weight is 553 g/mol. The SMILES string of the molecule is O=C(OCC1OC(OC2C(O)C(CO)OC(OCc3ccccc3)C2O)C(O)C(O)C1O)c1ccc(O)cc1. The van der Waals surface area contributed by atoms with Gasteiger partial charge in [0, 0.05) is 0 Å². The van der Waals surface area contributed by atoms with Crippen LogP contribution in [0.3, 0.4) is 0 Å². The van der Waals surface area contributed by atoms with Crippen LogP contribution in [-0.4, -0.2) is 116 Å². The monoisotopic (exact) mass is 552 g/mol. The van der Waals surface area contributed by atoms with Crippen molar-refractivity contribution in [1.82, 2.24) is 0 Å². The topological polar surface area (TPSA) is 205 Å². The molecule has 0 aromatic heterocycles. The van der Waals surface area contributed by atoms with Crippen LogP contribution in [0.4, 0.5) is 0 Å². The summed E-state index contributed by atoms with van der Waals surface area (Å²) in [5, 5.41) is 71.8. The highest BCUT2D eigenvalue weighted by molar-refractivity contribution is 5.89. The quantitative estimate of drug-likeness (QED) is 0.175. The molecule has 2 aliphatic heterocycles. The number of carbonyl (C=O) groups excluding carboxylic acids is 1. The molecule has 2 fully saturated rings. The van der Waals surface area contributed by atoms with Crippen molar-refractivity contribution < 1.29 is 64.2 Å². The average Bonchev–Trinajstić information content (AvgIpc) is 2.95. The van der Waals surface area contributed by atoms with Crippen LogP contribution in [0, 0.1) is 0 Å². The van der Waals surface area contributed by atoms with E-state index in [-0.39, 0.29) is 17.9 Å². The Bertz CT molecular complexity index is 1050. The molecule has 13 nitrogen and oxygen atoms in total. The number of ether oxygens (including phenoxy) is 5. The Labute approximate surface area is 223 Å². The van der Waals surface area contributed by atoms with Crippen molar-refractivity contribution in [1.29, 1.82) is 0 Å². The van der Waals surface area contributed by atoms with Gasteiger partial charge in [0.15, 0.2) is 12.6 Å². The van der Waals surface area contributed by atoms with Crippen molar-refractivity contribution in [3.05, 3.63) is 65.7 Å². The van der Waals surface area contributed by atoms with Gasteiger partial charge < -0.3 is 59.4 Å². The molecule has 10 unspecified atom stereocenters. The summed E-state index contributed by atoms with van der Waals surface area (Å²) in [4.78, 5) is 12.3. The molecule has 214 valence electrons. The molecule has 2 aromatic rings. The second-order valence-electron chi connectivity index (χ2n) is 9.26. The number of aliphatic hydroxyl groups excluding tert-OH is 6. The molecule has 0 spiro atoms. The third-order valence-electron chi connectivity index (χ3n) is 6.52. The minimum absolute atomic E-state index is 0.0332. The van der Waals surface area contributed by atoms with Crippen LogP contribution in [0.2, 0.25) is 0 Å². The maximum Gasteiger partial charge on any atom is 0.338 e. The van der Waals surface area contributed by atoms with Gasteiger partial charge in [-0.2, -0.15) is 0 Å². The molecule has 0 saturated carbocycles. The van der Waals surface area contributed by atoms with E-state index in [0.717, 1.165) is 5.56 Å². The van der Waals surface area contributed by atoms with Gasteiger partial charge in [-0.3, -0.25) is 0 Å². The van der Waals surface area contributed by atoms with Gasteiger partial charge in [-0.15, -0.1) is 0 Å². The lowest BCUT2D eigenvalue weighted by Gasteiger charge is -2.46. The van der Waals surface area contributed by atoms with Crippen molar-refractivity contribution >= 4 is 5.97 Å². The van der Waals surface area contributed by atoms with Gasteiger partial charge in [-0.05, 0) is 29.8 Å². The lowest BCUT2D eigenvalue weighted by molar-refractivity contribution is -0.361. The van der Waals surface area contributed by atoms with E-state index in [2.05, 4.69) is 0 Å². The van der Waals surface area contributed by atoms with Crippen molar-refractivity contribution in [3.8, 4) is 5.75 Å². The summed E-state index contributed by atoms with van der Waals surface area (Å²) < 4.78 is 27.5. The number of phenolic OH excluding ortho intramolecular Hbond substituents is 1. The lowest BCUT2D eigenvalue weighted by Crippen LogP contribution is -2.64. The molecule has 13 heteroatoms. The predicted octanol–water partition coefficient (Wildman–Crippen LogP) is -1.60. The zero-order valence-electron chi connectivity index (χ0n) is 20.7. The van der Waals surface area contributed by atoms with Crippen LogP contribution >= 0.6 is 0 Å². The van der Waals surface area contributed by atoms with Crippen molar-refractivity contribution in [3.63, 3.8) is 0 Å². The molecule has 7 N–H and O–H groups in total. The van der Waals surface area contributed by atoms with Gasteiger partial charge in [0.1, 0.15) is 61.2 Å². The first-order valence-electron chi connectivity index (χ1n) is 12.3. The van der Waals surface area contributed by atoms with Crippen LogP contribution in [0.25, 0.3) is 0 Å². The van der Waals surface area contributed by atoms with E-state index < -0.39 is 80.6 Å². The molecular formula is C26H32O13. The van der Waals surface area contributed by atoms with E-state index in [9.17, 15) is 40.5 Å². The highest BCUT2D eigenvalue weighted by Crippen LogP contribution is 2.30. The number of hydrogen-bond donors (Lipinski definition) is 7. The number of aromatic hydroxyl groups is 1. The van der Waals surface area contributed by atoms with E-state index in [1.54, 1.807) is 24.3 Å². The van der Waals surface area contributed by atoms with Crippen molar-refractivity contribution in [2.75, 3.05) is 13.2 Å². The molecule has 0 radical (unpaired) electrons. The van der Waals surface area contributed by atoms with E-state index in [1.165, 1.54) is 24.3 Å². The highest BCUT2D eigenvalue weighted by atomic mass is 16.7. The van der Waals surface area contributed by atoms with Gasteiger partial charge in [0.2, 0.25) is 0 Å². The number of phenols is 1. The molecular weight excluding hydrogens is 520 g/mol. The third-order valence-corrected chi connectivity index (χ3v) is 6.52. The maximum atomic E-state index is 12.3. The summed E-state index contributed by atoms with van der Waals surface area (Å²) in [7, 11) is 0. The number of rotatable bonds is 9. The molecule has 2 aromatic carbocycles. The zero-order chi connectivity index (χ0) is 28.1. The lowest BCUT2D eigenvalue weighted by atomic mass is 9.97. The van der Waals surface area contributed by atoms with Crippen LogP contribution in [0.15, 0.2) is 54.6 Å². The number of carbonyl (C=O) groups is 1. The van der Waals surface area contributed by atoms with Gasteiger partial charge in [-0.25, -0.2) is 4.79 Å². The molecule has 0 aliphatic carbocycles. The first kappa shape index (κ1) is 29.3. The number of benzene rings is 2. The highest BCUT2D eigenvalue weighted by Gasteiger charge is 2.51. The molecule has 2 saturated heterocycles. The molecule has 4 rings (SSSR count). The van der Waals surface area contributed by atoms with E-state index in [1.807, 2.05) is 6.07 Å². The molecule has 2 aliphatic rings. The zero-order valence-corrected chi connectivity index (χ0v) is 20.7. The first-order chi connectivity index (χ1) is 18.7. The number of hydrogen-bond acceptors (Lipinski definition) is 13. The van der Waals surface area contributed by atoms with Crippen molar-refractivity contribution in [2.24, 2.45) is 0 Å². The smallest absolute Gasteiger partial charge is 0.338 e.